The molecule has 0 saturated heterocycles. The van der Waals surface area contributed by atoms with Crippen LogP contribution in [0.5, 0.6) is 0 Å². The molecule has 34 heavy (non-hydrogen) atoms. The maximum atomic E-state index is 12.5. The number of hydrogen-bond acceptors (Lipinski definition) is 4. The Morgan fingerprint density at radius 2 is 1.56 bits per heavy atom. The van der Waals surface area contributed by atoms with Gasteiger partial charge in [0.05, 0.1) is 13.2 Å². The zero-order chi connectivity index (χ0) is 24.8. The fraction of sp³-hybridized carbons (Fsp3) is 0.448. The molecule has 0 radical (unpaired) electrons. The molecule has 2 aromatic carbocycles. The number of esters is 1. The van der Waals surface area contributed by atoms with Crippen molar-refractivity contribution in [2.45, 2.75) is 65.8 Å². The molecule has 0 atom stereocenters. The lowest BCUT2D eigenvalue weighted by Gasteiger charge is -2.18. The second-order valence-corrected chi connectivity index (χ2v) is 8.40. The maximum absolute atomic E-state index is 12.5. The summed E-state index contributed by atoms with van der Waals surface area (Å²) in [6.45, 7) is 7.10. The first-order chi connectivity index (χ1) is 16.5. The average molecular weight is 466 g/mol. The zero-order valence-electron chi connectivity index (χ0n) is 21.1. The van der Waals surface area contributed by atoms with Gasteiger partial charge in [0.1, 0.15) is 0 Å². The average Bonchev–Trinajstić information content (AvgIpc) is 2.84. The van der Waals surface area contributed by atoms with Crippen LogP contribution >= 0.6 is 0 Å². The van der Waals surface area contributed by atoms with E-state index in [9.17, 15) is 9.59 Å². The van der Waals surface area contributed by atoms with Gasteiger partial charge in [0.25, 0.3) is 0 Å². The number of unbranched alkanes of at least 4 members (excludes halogenated alkanes) is 4. The normalized spacial score (nSPS) is 11.2. The number of benzene rings is 2. The van der Waals surface area contributed by atoms with Crippen LogP contribution in [0.2, 0.25) is 0 Å². The van der Waals surface area contributed by atoms with Gasteiger partial charge >= 0.3 is 5.97 Å². The summed E-state index contributed by atoms with van der Waals surface area (Å²) in [5.74, 6) is -0.0531. The molecule has 5 heteroatoms. The van der Waals surface area contributed by atoms with Crippen LogP contribution in [-0.4, -0.2) is 37.0 Å². The Morgan fingerprint density at radius 1 is 0.853 bits per heavy atom. The summed E-state index contributed by atoms with van der Waals surface area (Å²) in [7, 11) is 1.88. The minimum atomic E-state index is -0.458. The lowest BCUT2D eigenvalue weighted by molar-refractivity contribution is -0.142. The molecular weight excluding hydrogens is 426 g/mol. The van der Waals surface area contributed by atoms with E-state index in [4.69, 9.17) is 9.47 Å². The van der Waals surface area contributed by atoms with E-state index >= 15 is 0 Å². The fourth-order valence-electron chi connectivity index (χ4n) is 3.72. The van der Waals surface area contributed by atoms with Crippen molar-refractivity contribution in [2.24, 2.45) is 0 Å². The molecule has 0 N–H and O–H groups in total. The van der Waals surface area contributed by atoms with E-state index in [1.807, 2.05) is 49.2 Å². The highest BCUT2D eigenvalue weighted by Crippen LogP contribution is 2.23. The largest absolute Gasteiger partial charge is 0.487 e. The topological polar surface area (TPSA) is 55.8 Å². The van der Waals surface area contributed by atoms with Gasteiger partial charge in [-0.3, -0.25) is 4.79 Å². The van der Waals surface area contributed by atoms with Crippen LogP contribution in [0, 0.1) is 0 Å². The molecule has 2 rings (SSSR count). The fourth-order valence-corrected chi connectivity index (χ4v) is 3.72. The summed E-state index contributed by atoms with van der Waals surface area (Å²) in [6.07, 6.45) is 8.07. The highest BCUT2D eigenvalue weighted by Gasteiger charge is 2.12. The van der Waals surface area contributed by atoms with Crippen molar-refractivity contribution in [1.29, 1.82) is 0 Å². The second kappa shape index (κ2) is 14.9. The first kappa shape index (κ1) is 27.2. The quantitative estimate of drug-likeness (QED) is 0.136. The van der Waals surface area contributed by atoms with E-state index in [0.29, 0.717) is 26.2 Å². The van der Waals surface area contributed by atoms with Gasteiger partial charge in [-0.05, 0) is 54.7 Å². The first-order valence-corrected chi connectivity index (χ1v) is 12.4. The van der Waals surface area contributed by atoms with E-state index in [0.717, 1.165) is 35.1 Å². The minimum absolute atomic E-state index is 0.199. The Kier molecular flexibility index (Phi) is 11.9. The lowest BCUT2D eigenvalue weighted by atomic mass is 10.0. The number of carbonyl (C=O) groups is 2. The Bertz CT molecular complexity index is 933. The molecule has 2 aromatic rings. The van der Waals surface area contributed by atoms with Gasteiger partial charge < -0.3 is 14.4 Å². The summed E-state index contributed by atoms with van der Waals surface area (Å²) in [4.78, 5) is 26.3. The van der Waals surface area contributed by atoms with Crippen molar-refractivity contribution in [3.05, 3.63) is 65.4 Å². The third kappa shape index (κ3) is 9.05. The molecular formula is C29H39NO4. The summed E-state index contributed by atoms with van der Waals surface area (Å²) in [5.41, 5.74) is 4.12. The van der Waals surface area contributed by atoms with Gasteiger partial charge in [-0.2, -0.15) is 0 Å². The van der Waals surface area contributed by atoms with E-state index < -0.39 is 5.97 Å². The number of nitrogens with zero attached hydrogens (tertiary/aromatic N) is 1. The van der Waals surface area contributed by atoms with Crippen LogP contribution in [0.3, 0.4) is 0 Å². The van der Waals surface area contributed by atoms with Crippen molar-refractivity contribution in [3.8, 4) is 11.1 Å². The molecule has 5 nitrogen and oxygen atoms in total. The standard InChI is InChI=1S/C29H39NO4/c1-5-8-9-10-11-15-28(31)30(4)22-24-13-12-14-26(20-24)25-18-16-23(17-19-25)21-27(33-6-2)29(32)34-7-3/h12-14,16-21H,5-11,15,22H2,1-4H3. The molecule has 0 saturated carbocycles. The summed E-state index contributed by atoms with van der Waals surface area (Å²) >= 11 is 0. The van der Waals surface area contributed by atoms with Crippen molar-refractivity contribution in [3.63, 3.8) is 0 Å². The number of rotatable bonds is 14. The SMILES string of the molecule is CCCCCCCC(=O)N(C)Cc1cccc(-c2ccc(C=C(OCC)C(=O)OCC)cc2)c1. The number of carbonyl (C=O) groups excluding carboxylic acids is 2. The maximum Gasteiger partial charge on any atom is 0.373 e. The van der Waals surface area contributed by atoms with Gasteiger partial charge in [-0.25, -0.2) is 4.79 Å². The zero-order valence-corrected chi connectivity index (χ0v) is 21.1. The second-order valence-electron chi connectivity index (χ2n) is 8.40. The summed E-state index contributed by atoms with van der Waals surface area (Å²) in [5, 5.41) is 0. The van der Waals surface area contributed by atoms with Crippen molar-refractivity contribution < 1.29 is 19.1 Å². The summed E-state index contributed by atoms with van der Waals surface area (Å²) < 4.78 is 10.5. The monoisotopic (exact) mass is 465 g/mol. The van der Waals surface area contributed by atoms with Crippen LogP contribution in [0.15, 0.2) is 54.3 Å². The minimum Gasteiger partial charge on any atom is -0.487 e. The van der Waals surface area contributed by atoms with Crippen LogP contribution in [0.25, 0.3) is 17.2 Å². The third-order valence-corrected chi connectivity index (χ3v) is 5.58. The number of amides is 1. The Hall–Kier alpha value is -3.08. The van der Waals surface area contributed by atoms with Gasteiger partial charge in [0, 0.05) is 20.0 Å². The molecule has 0 aliphatic carbocycles. The van der Waals surface area contributed by atoms with Crippen molar-refractivity contribution >= 4 is 18.0 Å². The van der Waals surface area contributed by atoms with Gasteiger partial charge in [0.2, 0.25) is 11.7 Å². The van der Waals surface area contributed by atoms with Crippen LogP contribution < -0.4 is 0 Å². The Balaban J connectivity index is 2.02. The highest BCUT2D eigenvalue weighted by molar-refractivity contribution is 5.91. The van der Waals surface area contributed by atoms with Crippen LogP contribution in [0.4, 0.5) is 0 Å². The molecule has 0 heterocycles. The molecule has 0 aliphatic rings. The first-order valence-electron chi connectivity index (χ1n) is 12.4. The number of hydrogen-bond donors (Lipinski definition) is 0. The van der Waals surface area contributed by atoms with Crippen molar-refractivity contribution in [2.75, 3.05) is 20.3 Å². The van der Waals surface area contributed by atoms with E-state index in [-0.39, 0.29) is 11.7 Å². The molecule has 0 spiro atoms. The lowest BCUT2D eigenvalue weighted by Crippen LogP contribution is -2.25. The van der Waals surface area contributed by atoms with Crippen molar-refractivity contribution in [1.82, 2.24) is 4.90 Å². The number of ether oxygens (including phenoxy) is 2. The van der Waals surface area contributed by atoms with E-state index in [2.05, 4.69) is 25.1 Å². The predicted molar refractivity (Wildman–Crippen MR) is 138 cm³/mol. The highest BCUT2D eigenvalue weighted by atomic mass is 16.6. The predicted octanol–water partition coefficient (Wildman–Crippen LogP) is 6.61. The van der Waals surface area contributed by atoms with E-state index in [1.54, 1.807) is 13.0 Å². The molecule has 0 fully saturated rings. The smallest absolute Gasteiger partial charge is 0.373 e. The van der Waals surface area contributed by atoms with Gasteiger partial charge in [-0.1, -0.05) is 75.1 Å². The summed E-state index contributed by atoms with van der Waals surface area (Å²) in [6, 6.07) is 16.2. The molecule has 1 amide bonds. The molecule has 0 aromatic heterocycles. The molecule has 0 bridgehead atoms. The van der Waals surface area contributed by atoms with Crippen LogP contribution in [-0.2, 0) is 25.6 Å². The molecule has 0 unspecified atom stereocenters. The Morgan fingerprint density at radius 3 is 2.24 bits per heavy atom. The van der Waals surface area contributed by atoms with E-state index in [1.165, 1.54) is 19.3 Å². The Labute approximate surface area is 204 Å². The van der Waals surface area contributed by atoms with Gasteiger partial charge in [0.15, 0.2) is 0 Å². The molecule has 184 valence electrons. The van der Waals surface area contributed by atoms with Gasteiger partial charge in [-0.15, -0.1) is 0 Å². The molecule has 0 aliphatic heterocycles. The third-order valence-electron chi connectivity index (χ3n) is 5.58. The van der Waals surface area contributed by atoms with Crippen LogP contribution in [0.1, 0.15) is 70.4 Å².